The molecule has 0 aromatic heterocycles. The monoisotopic (exact) mass is 204 g/mol. The molecular formula is C12H12O3. The van der Waals surface area contributed by atoms with E-state index in [1.807, 2.05) is 13.8 Å². The second kappa shape index (κ2) is 2.60. The number of esters is 1. The molecule has 0 radical (unpaired) electrons. The van der Waals surface area contributed by atoms with Crippen LogP contribution in [-0.2, 0) is 14.3 Å². The first-order chi connectivity index (χ1) is 7.09. The van der Waals surface area contributed by atoms with Gasteiger partial charge in [-0.15, -0.1) is 0 Å². The second-order valence-corrected chi connectivity index (χ2v) is 4.63. The summed E-state index contributed by atoms with van der Waals surface area (Å²) in [5.74, 6) is -0.265. The van der Waals surface area contributed by atoms with Gasteiger partial charge in [-0.1, -0.05) is 11.1 Å². The zero-order valence-electron chi connectivity index (χ0n) is 8.74. The van der Waals surface area contributed by atoms with Crippen molar-refractivity contribution in [2.75, 3.05) is 0 Å². The standard InChI is InChI=1S/C12H12O3/c1-5-3-7(13)9-6(2)4-8-11(9)10(5)12(14)15-8/h3,8,10-11H,4H2,1-2H3/t8-,10+,11-/m0/s1. The molecule has 1 heterocycles. The van der Waals surface area contributed by atoms with Crippen LogP contribution in [0.3, 0.4) is 0 Å². The van der Waals surface area contributed by atoms with Gasteiger partial charge in [0.15, 0.2) is 5.78 Å². The third kappa shape index (κ3) is 0.954. The van der Waals surface area contributed by atoms with Crippen molar-refractivity contribution in [3.05, 3.63) is 22.8 Å². The van der Waals surface area contributed by atoms with Crippen molar-refractivity contribution in [1.82, 2.24) is 0 Å². The molecule has 0 unspecified atom stereocenters. The molecule has 0 aromatic rings. The van der Waals surface area contributed by atoms with E-state index in [0.717, 1.165) is 23.1 Å². The lowest BCUT2D eigenvalue weighted by atomic mass is 9.76. The summed E-state index contributed by atoms with van der Waals surface area (Å²) < 4.78 is 5.31. The predicted molar refractivity (Wildman–Crippen MR) is 52.9 cm³/mol. The maximum absolute atomic E-state index is 11.8. The van der Waals surface area contributed by atoms with E-state index in [9.17, 15) is 9.59 Å². The first-order valence-corrected chi connectivity index (χ1v) is 5.22. The summed E-state index contributed by atoms with van der Waals surface area (Å²) in [4.78, 5) is 23.4. The van der Waals surface area contributed by atoms with E-state index in [1.54, 1.807) is 6.08 Å². The fourth-order valence-corrected chi connectivity index (χ4v) is 3.09. The van der Waals surface area contributed by atoms with Crippen molar-refractivity contribution < 1.29 is 14.3 Å². The van der Waals surface area contributed by atoms with Gasteiger partial charge in [-0.05, 0) is 19.9 Å². The summed E-state index contributed by atoms with van der Waals surface area (Å²) in [6.07, 6.45) is 2.24. The third-order valence-corrected chi connectivity index (χ3v) is 3.70. The lowest BCUT2D eigenvalue weighted by Gasteiger charge is -2.22. The third-order valence-electron chi connectivity index (χ3n) is 3.70. The van der Waals surface area contributed by atoms with E-state index < -0.39 is 0 Å². The molecule has 0 aromatic carbocycles. The molecule has 1 fully saturated rings. The highest BCUT2D eigenvalue weighted by atomic mass is 16.6. The van der Waals surface area contributed by atoms with E-state index in [1.165, 1.54) is 0 Å². The predicted octanol–water partition coefficient (Wildman–Crippen LogP) is 1.39. The van der Waals surface area contributed by atoms with Crippen LogP contribution in [0.2, 0.25) is 0 Å². The summed E-state index contributed by atoms with van der Waals surface area (Å²) in [6.45, 7) is 3.81. The average molecular weight is 204 g/mol. The van der Waals surface area contributed by atoms with Gasteiger partial charge in [0, 0.05) is 17.9 Å². The molecule has 2 aliphatic carbocycles. The van der Waals surface area contributed by atoms with Gasteiger partial charge >= 0.3 is 5.97 Å². The molecule has 3 aliphatic rings. The Balaban J connectivity index is 2.20. The largest absolute Gasteiger partial charge is 0.461 e. The molecule has 0 amide bonds. The minimum Gasteiger partial charge on any atom is -0.461 e. The Morgan fingerprint density at radius 2 is 2.07 bits per heavy atom. The van der Waals surface area contributed by atoms with Crippen LogP contribution in [0.4, 0.5) is 0 Å². The first kappa shape index (κ1) is 8.89. The number of hydrogen-bond acceptors (Lipinski definition) is 3. The topological polar surface area (TPSA) is 43.4 Å². The number of rotatable bonds is 0. The summed E-state index contributed by atoms with van der Waals surface area (Å²) in [5, 5.41) is 0. The van der Waals surface area contributed by atoms with E-state index >= 15 is 0 Å². The van der Waals surface area contributed by atoms with Gasteiger partial charge in [-0.3, -0.25) is 9.59 Å². The zero-order chi connectivity index (χ0) is 10.7. The van der Waals surface area contributed by atoms with Crippen molar-refractivity contribution in [3.8, 4) is 0 Å². The van der Waals surface area contributed by atoms with Crippen LogP contribution in [0.25, 0.3) is 0 Å². The molecule has 78 valence electrons. The fraction of sp³-hybridized carbons (Fsp3) is 0.500. The Morgan fingerprint density at radius 1 is 1.33 bits per heavy atom. The van der Waals surface area contributed by atoms with Crippen LogP contribution in [0.1, 0.15) is 20.3 Å². The number of ether oxygens (including phenoxy) is 1. The van der Waals surface area contributed by atoms with E-state index in [0.29, 0.717) is 0 Å². The maximum atomic E-state index is 11.8. The molecule has 3 atom stereocenters. The van der Waals surface area contributed by atoms with Gasteiger partial charge < -0.3 is 4.74 Å². The van der Waals surface area contributed by atoms with Gasteiger partial charge in [0.1, 0.15) is 6.10 Å². The Labute approximate surface area is 87.8 Å². The average Bonchev–Trinajstić information content (AvgIpc) is 2.57. The Hall–Kier alpha value is -1.38. The molecule has 1 aliphatic heterocycles. The SMILES string of the molecule is CC1=CC(=O)C2=C(C)C[C@@H]3OC(=O)[C@H]1[C@H]23. The quantitative estimate of drug-likeness (QED) is 0.560. The number of allylic oxidation sites excluding steroid dienone is 1. The van der Waals surface area contributed by atoms with E-state index in [4.69, 9.17) is 4.74 Å². The van der Waals surface area contributed by atoms with Gasteiger partial charge in [0.25, 0.3) is 0 Å². The normalized spacial score (nSPS) is 38.0. The van der Waals surface area contributed by atoms with Crippen LogP contribution >= 0.6 is 0 Å². The van der Waals surface area contributed by atoms with Crippen LogP contribution in [0, 0.1) is 11.8 Å². The van der Waals surface area contributed by atoms with Crippen molar-refractivity contribution >= 4 is 11.8 Å². The van der Waals surface area contributed by atoms with Crippen molar-refractivity contribution in [2.45, 2.75) is 26.4 Å². The van der Waals surface area contributed by atoms with Gasteiger partial charge in [-0.2, -0.15) is 0 Å². The summed E-state index contributed by atoms with van der Waals surface area (Å²) in [5.41, 5.74) is 2.79. The molecule has 0 saturated carbocycles. The minimum atomic E-state index is -0.194. The Morgan fingerprint density at radius 3 is 2.80 bits per heavy atom. The number of carbonyl (C=O) groups excluding carboxylic acids is 2. The number of hydrogen-bond donors (Lipinski definition) is 0. The first-order valence-electron chi connectivity index (χ1n) is 5.22. The summed E-state index contributed by atoms with van der Waals surface area (Å²) >= 11 is 0. The summed E-state index contributed by atoms with van der Waals surface area (Å²) in [7, 11) is 0. The molecule has 0 spiro atoms. The van der Waals surface area contributed by atoms with Crippen LogP contribution in [-0.4, -0.2) is 17.9 Å². The van der Waals surface area contributed by atoms with E-state index in [2.05, 4.69) is 0 Å². The molecular weight excluding hydrogens is 192 g/mol. The smallest absolute Gasteiger partial charge is 0.314 e. The Bertz CT molecular complexity index is 442. The highest BCUT2D eigenvalue weighted by Crippen LogP contribution is 2.49. The van der Waals surface area contributed by atoms with Crippen LogP contribution < -0.4 is 0 Å². The van der Waals surface area contributed by atoms with E-state index in [-0.39, 0.29) is 29.7 Å². The zero-order valence-corrected chi connectivity index (χ0v) is 8.74. The molecule has 15 heavy (non-hydrogen) atoms. The molecule has 3 heteroatoms. The molecule has 3 rings (SSSR count). The lowest BCUT2D eigenvalue weighted by Crippen LogP contribution is -2.27. The van der Waals surface area contributed by atoms with Gasteiger partial charge in [0.05, 0.1) is 5.92 Å². The highest BCUT2D eigenvalue weighted by Gasteiger charge is 2.54. The van der Waals surface area contributed by atoms with Crippen molar-refractivity contribution in [1.29, 1.82) is 0 Å². The van der Waals surface area contributed by atoms with Crippen LogP contribution in [0.5, 0.6) is 0 Å². The van der Waals surface area contributed by atoms with Gasteiger partial charge in [-0.25, -0.2) is 0 Å². The van der Waals surface area contributed by atoms with Crippen molar-refractivity contribution in [3.63, 3.8) is 0 Å². The molecule has 3 nitrogen and oxygen atoms in total. The number of ketones is 1. The lowest BCUT2D eigenvalue weighted by molar-refractivity contribution is -0.143. The number of carbonyl (C=O) groups is 2. The summed E-state index contributed by atoms with van der Waals surface area (Å²) in [6, 6.07) is 0. The Kier molecular flexibility index (Phi) is 1.54. The molecule has 0 bridgehead atoms. The maximum Gasteiger partial charge on any atom is 0.314 e. The second-order valence-electron chi connectivity index (χ2n) is 4.63. The fourth-order valence-electron chi connectivity index (χ4n) is 3.09. The minimum absolute atomic E-state index is 0.00926. The van der Waals surface area contributed by atoms with Crippen molar-refractivity contribution in [2.24, 2.45) is 11.8 Å². The molecule has 1 saturated heterocycles. The van der Waals surface area contributed by atoms with Crippen LogP contribution in [0.15, 0.2) is 22.8 Å². The molecule has 0 N–H and O–H groups in total. The highest BCUT2D eigenvalue weighted by molar-refractivity contribution is 6.09. The van der Waals surface area contributed by atoms with Gasteiger partial charge in [0.2, 0.25) is 0 Å².